The normalized spacial score (nSPS) is 18.4. The summed E-state index contributed by atoms with van der Waals surface area (Å²) >= 11 is 0. The Labute approximate surface area is 101 Å². The predicted molar refractivity (Wildman–Crippen MR) is 60.4 cm³/mol. The molecule has 0 fully saturated rings. The molecular formula is C11H22O6. The first-order valence-corrected chi connectivity index (χ1v) is 5.80. The van der Waals surface area contributed by atoms with Crippen molar-refractivity contribution in [3.63, 3.8) is 0 Å². The number of unbranched alkanes of at least 4 members (excludes halogenated alkanes) is 2. The summed E-state index contributed by atoms with van der Waals surface area (Å²) in [5.41, 5.74) is 0. The molecule has 0 unspecified atom stereocenters. The van der Waals surface area contributed by atoms with Crippen LogP contribution >= 0.6 is 0 Å². The topological polar surface area (TPSA) is 107 Å². The molecule has 102 valence electrons. The molecule has 6 nitrogen and oxygen atoms in total. The van der Waals surface area contributed by atoms with E-state index in [4.69, 9.17) is 14.9 Å². The van der Waals surface area contributed by atoms with Gasteiger partial charge in [-0.3, -0.25) is 0 Å². The van der Waals surface area contributed by atoms with Gasteiger partial charge in [0.15, 0.2) is 6.29 Å². The Morgan fingerprint density at radius 1 is 1.18 bits per heavy atom. The van der Waals surface area contributed by atoms with Crippen LogP contribution in [-0.2, 0) is 9.53 Å². The first kappa shape index (κ1) is 16.5. The van der Waals surface area contributed by atoms with Gasteiger partial charge in [0.1, 0.15) is 24.4 Å². The van der Waals surface area contributed by atoms with Crippen molar-refractivity contribution in [2.75, 3.05) is 13.2 Å². The van der Waals surface area contributed by atoms with Crippen molar-refractivity contribution in [1.82, 2.24) is 0 Å². The fourth-order valence-electron chi connectivity index (χ4n) is 1.32. The predicted octanol–water partition coefficient (Wildman–Crippen LogP) is -1.16. The lowest BCUT2D eigenvalue weighted by Gasteiger charge is -2.25. The van der Waals surface area contributed by atoms with Crippen LogP contribution in [0.25, 0.3) is 0 Å². The Morgan fingerprint density at radius 3 is 2.29 bits per heavy atom. The third-order valence-corrected chi connectivity index (χ3v) is 2.46. The number of rotatable bonds is 10. The van der Waals surface area contributed by atoms with E-state index in [-0.39, 0.29) is 0 Å². The van der Waals surface area contributed by atoms with Gasteiger partial charge in [-0.05, 0) is 6.42 Å². The highest BCUT2D eigenvalue weighted by Crippen LogP contribution is 2.08. The minimum absolute atomic E-state index is 0.302. The number of carbonyl (C=O) groups is 1. The average molecular weight is 250 g/mol. The van der Waals surface area contributed by atoms with Crippen LogP contribution in [0.2, 0.25) is 0 Å². The molecule has 0 aliphatic rings. The van der Waals surface area contributed by atoms with Gasteiger partial charge in [0, 0.05) is 6.61 Å². The maximum Gasteiger partial charge on any atom is 0.151 e. The molecule has 0 saturated heterocycles. The fourth-order valence-corrected chi connectivity index (χ4v) is 1.32. The van der Waals surface area contributed by atoms with Crippen LogP contribution in [0.5, 0.6) is 0 Å². The van der Waals surface area contributed by atoms with Crippen LogP contribution in [0.15, 0.2) is 0 Å². The molecule has 17 heavy (non-hydrogen) atoms. The standard InChI is InChI=1S/C11H22O6/c1-2-3-4-5-17-9(7-13)11(16)10(15)8(14)6-12/h7-12,14-16H,2-6H2,1H3/t8-,9+,10+,11-/m1/s1. The molecule has 6 heteroatoms. The lowest BCUT2D eigenvalue weighted by molar-refractivity contribution is -0.146. The van der Waals surface area contributed by atoms with Gasteiger partial charge in [0.05, 0.1) is 6.61 Å². The molecule has 0 heterocycles. The molecule has 0 spiro atoms. The van der Waals surface area contributed by atoms with E-state index >= 15 is 0 Å². The monoisotopic (exact) mass is 250 g/mol. The number of ether oxygens (including phenoxy) is 1. The molecule has 4 N–H and O–H groups in total. The number of hydrogen-bond donors (Lipinski definition) is 4. The van der Waals surface area contributed by atoms with E-state index in [0.29, 0.717) is 12.9 Å². The van der Waals surface area contributed by atoms with Crippen molar-refractivity contribution in [2.24, 2.45) is 0 Å². The summed E-state index contributed by atoms with van der Waals surface area (Å²) < 4.78 is 5.10. The number of aliphatic hydroxyl groups excluding tert-OH is 4. The van der Waals surface area contributed by atoms with Crippen LogP contribution in [0.1, 0.15) is 26.2 Å². The van der Waals surface area contributed by atoms with Crippen LogP contribution in [0, 0.1) is 0 Å². The highest BCUT2D eigenvalue weighted by atomic mass is 16.5. The second-order valence-electron chi connectivity index (χ2n) is 3.91. The van der Waals surface area contributed by atoms with Crippen LogP contribution in [0.3, 0.4) is 0 Å². The van der Waals surface area contributed by atoms with Gasteiger partial charge < -0.3 is 30.0 Å². The van der Waals surface area contributed by atoms with Crippen molar-refractivity contribution in [3.05, 3.63) is 0 Å². The van der Waals surface area contributed by atoms with E-state index in [2.05, 4.69) is 0 Å². The second-order valence-corrected chi connectivity index (χ2v) is 3.91. The fraction of sp³-hybridized carbons (Fsp3) is 0.909. The minimum Gasteiger partial charge on any atom is -0.394 e. The first-order valence-electron chi connectivity index (χ1n) is 5.80. The third-order valence-electron chi connectivity index (χ3n) is 2.46. The molecule has 0 amide bonds. The summed E-state index contributed by atoms with van der Waals surface area (Å²) in [6, 6.07) is 0. The van der Waals surface area contributed by atoms with Gasteiger partial charge in [-0.15, -0.1) is 0 Å². The van der Waals surface area contributed by atoms with E-state index in [9.17, 15) is 15.0 Å². The van der Waals surface area contributed by atoms with Crippen molar-refractivity contribution in [3.8, 4) is 0 Å². The van der Waals surface area contributed by atoms with Crippen molar-refractivity contribution in [1.29, 1.82) is 0 Å². The molecule has 0 rings (SSSR count). The maximum absolute atomic E-state index is 10.7. The van der Waals surface area contributed by atoms with E-state index in [1.807, 2.05) is 6.92 Å². The lowest BCUT2D eigenvalue weighted by Crippen LogP contribution is -2.47. The zero-order valence-electron chi connectivity index (χ0n) is 10.0. The highest BCUT2D eigenvalue weighted by molar-refractivity contribution is 5.57. The summed E-state index contributed by atoms with van der Waals surface area (Å²) in [5, 5.41) is 36.7. The zero-order chi connectivity index (χ0) is 13.3. The van der Waals surface area contributed by atoms with Crippen molar-refractivity contribution in [2.45, 2.75) is 50.6 Å². The Morgan fingerprint density at radius 2 is 1.82 bits per heavy atom. The van der Waals surface area contributed by atoms with Crippen LogP contribution < -0.4 is 0 Å². The third kappa shape index (κ3) is 6.09. The largest absolute Gasteiger partial charge is 0.394 e. The molecule has 0 aliphatic heterocycles. The minimum atomic E-state index is -1.61. The van der Waals surface area contributed by atoms with Gasteiger partial charge in [0.25, 0.3) is 0 Å². The quantitative estimate of drug-likeness (QED) is 0.288. The first-order chi connectivity index (χ1) is 8.08. The molecule has 4 atom stereocenters. The Kier molecular flexibility index (Phi) is 9.20. The van der Waals surface area contributed by atoms with Gasteiger partial charge in [-0.2, -0.15) is 0 Å². The SMILES string of the molecule is CCCCCO[C@@H](C=O)[C@@H](O)[C@@H](O)[C@H](O)CO. The van der Waals surface area contributed by atoms with E-state index in [1.165, 1.54) is 0 Å². The second kappa shape index (κ2) is 9.49. The summed E-state index contributed by atoms with van der Waals surface area (Å²) in [5.74, 6) is 0. The molecule has 0 aromatic carbocycles. The summed E-state index contributed by atoms with van der Waals surface area (Å²) in [6.45, 7) is 1.63. The number of aldehydes is 1. The van der Waals surface area contributed by atoms with E-state index < -0.39 is 31.0 Å². The summed E-state index contributed by atoms with van der Waals surface area (Å²) in [4.78, 5) is 10.7. The lowest BCUT2D eigenvalue weighted by atomic mass is 10.0. The van der Waals surface area contributed by atoms with Crippen molar-refractivity contribution < 1.29 is 30.0 Å². The van der Waals surface area contributed by atoms with Crippen LogP contribution in [-0.4, -0.2) is 64.3 Å². The Bertz CT molecular complexity index is 198. The molecule has 0 aliphatic carbocycles. The average Bonchev–Trinajstić information content (AvgIpc) is 2.36. The van der Waals surface area contributed by atoms with E-state index in [0.717, 1.165) is 19.3 Å². The molecule has 0 aromatic rings. The number of aliphatic hydroxyl groups is 4. The number of hydrogen-bond acceptors (Lipinski definition) is 6. The highest BCUT2D eigenvalue weighted by Gasteiger charge is 2.31. The Balaban J connectivity index is 4.10. The van der Waals surface area contributed by atoms with Gasteiger partial charge >= 0.3 is 0 Å². The van der Waals surface area contributed by atoms with Gasteiger partial charge in [-0.25, -0.2) is 0 Å². The van der Waals surface area contributed by atoms with Gasteiger partial charge in [-0.1, -0.05) is 19.8 Å². The zero-order valence-corrected chi connectivity index (χ0v) is 10.0. The number of carbonyl (C=O) groups excluding carboxylic acids is 1. The molecule has 0 saturated carbocycles. The smallest absolute Gasteiger partial charge is 0.151 e. The summed E-state index contributed by atoms with van der Waals surface area (Å²) in [6.07, 6.45) is -2.75. The Hall–Kier alpha value is -0.530. The van der Waals surface area contributed by atoms with Crippen LogP contribution in [0.4, 0.5) is 0 Å². The van der Waals surface area contributed by atoms with Crippen molar-refractivity contribution >= 4 is 6.29 Å². The summed E-state index contributed by atoms with van der Waals surface area (Å²) in [7, 11) is 0. The van der Waals surface area contributed by atoms with E-state index in [1.54, 1.807) is 0 Å². The van der Waals surface area contributed by atoms with Gasteiger partial charge in [0.2, 0.25) is 0 Å². The molecule has 0 aromatic heterocycles. The molecule has 0 radical (unpaired) electrons. The molecular weight excluding hydrogens is 228 g/mol. The molecule has 0 bridgehead atoms. The maximum atomic E-state index is 10.7.